The van der Waals surface area contributed by atoms with Crippen LogP contribution in [-0.2, 0) is 4.74 Å². The van der Waals surface area contributed by atoms with E-state index in [0.717, 1.165) is 0 Å². The molecule has 86 valence electrons. The third-order valence-electron chi connectivity index (χ3n) is 2.17. The molecule has 1 aromatic carbocycles. The summed E-state index contributed by atoms with van der Waals surface area (Å²) in [6.07, 6.45) is 0. The van der Waals surface area contributed by atoms with Gasteiger partial charge in [-0.1, -0.05) is 11.8 Å². The summed E-state index contributed by atoms with van der Waals surface area (Å²) in [7, 11) is 3.02. The minimum atomic E-state index is -0.512. The van der Waals surface area contributed by atoms with Crippen LogP contribution in [0.5, 0.6) is 5.75 Å². The molecule has 0 N–H and O–H groups in total. The topological polar surface area (TPSA) is 18.5 Å². The number of benzene rings is 1. The molecular formula is C13H15FO2. The van der Waals surface area contributed by atoms with Gasteiger partial charge in [-0.3, -0.25) is 0 Å². The standard InChI is InChI=1S/C13H15FO2/c1-13(2,16-4)8-7-10-5-6-11(14)12(9-10)15-3/h5-6,9H,1-4H3. The normalized spacial score (nSPS) is 10.6. The Hall–Kier alpha value is -1.53. The van der Waals surface area contributed by atoms with Crippen molar-refractivity contribution in [2.24, 2.45) is 0 Å². The van der Waals surface area contributed by atoms with Crippen LogP contribution in [0.15, 0.2) is 18.2 Å². The Kier molecular flexibility index (Phi) is 3.92. The average molecular weight is 222 g/mol. The predicted molar refractivity (Wildman–Crippen MR) is 60.9 cm³/mol. The molecule has 1 rings (SSSR count). The second-order valence-electron chi connectivity index (χ2n) is 3.81. The summed E-state index contributed by atoms with van der Waals surface area (Å²) in [4.78, 5) is 0. The molecular weight excluding hydrogens is 207 g/mol. The maximum Gasteiger partial charge on any atom is 0.165 e. The molecule has 0 amide bonds. The van der Waals surface area contributed by atoms with Gasteiger partial charge in [-0.15, -0.1) is 0 Å². The van der Waals surface area contributed by atoms with Crippen LogP contribution < -0.4 is 4.74 Å². The van der Waals surface area contributed by atoms with Crippen LogP contribution in [0, 0.1) is 17.7 Å². The smallest absolute Gasteiger partial charge is 0.165 e. The third kappa shape index (κ3) is 3.25. The first-order chi connectivity index (χ1) is 7.48. The van der Waals surface area contributed by atoms with Crippen LogP contribution in [0.4, 0.5) is 4.39 Å². The van der Waals surface area contributed by atoms with Crippen molar-refractivity contribution in [3.05, 3.63) is 29.6 Å². The van der Waals surface area contributed by atoms with E-state index in [2.05, 4.69) is 11.8 Å². The highest BCUT2D eigenvalue weighted by Crippen LogP contribution is 2.17. The van der Waals surface area contributed by atoms with Crippen LogP contribution in [0.25, 0.3) is 0 Å². The molecule has 0 saturated carbocycles. The molecule has 0 heterocycles. The Morgan fingerprint density at radius 1 is 1.25 bits per heavy atom. The fourth-order valence-corrected chi connectivity index (χ4v) is 1.01. The molecule has 0 aromatic heterocycles. The highest BCUT2D eigenvalue weighted by molar-refractivity contribution is 5.41. The Morgan fingerprint density at radius 2 is 1.94 bits per heavy atom. The van der Waals surface area contributed by atoms with Gasteiger partial charge in [0.1, 0.15) is 5.60 Å². The first-order valence-corrected chi connectivity index (χ1v) is 4.90. The molecule has 0 radical (unpaired) electrons. The largest absolute Gasteiger partial charge is 0.494 e. The van der Waals surface area contributed by atoms with Crippen molar-refractivity contribution in [3.8, 4) is 17.6 Å². The van der Waals surface area contributed by atoms with Crippen LogP contribution in [0.3, 0.4) is 0 Å². The van der Waals surface area contributed by atoms with Gasteiger partial charge in [0.15, 0.2) is 11.6 Å². The lowest BCUT2D eigenvalue weighted by Crippen LogP contribution is -2.19. The van der Waals surface area contributed by atoms with Crippen LogP contribution in [0.2, 0.25) is 0 Å². The lowest BCUT2D eigenvalue weighted by Gasteiger charge is -2.14. The van der Waals surface area contributed by atoms with E-state index in [-0.39, 0.29) is 11.6 Å². The number of hydrogen-bond acceptors (Lipinski definition) is 2. The minimum Gasteiger partial charge on any atom is -0.494 e. The van der Waals surface area contributed by atoms with E-state index in [1.54, 1.807) is 19.2 Å². The van der Waals surface area contributed by atoms with Gasteiger partial charge in [-0.2, -0.15) is 0 Å². The number of rotatable bonds is 2. The zero-order chi connectivity index (χ0) is 12.2. The Balaban J connectivity index is 2.98. The van der Waals surface area contributed by atoms with Crippen LogP contribution in [0.1, 0.15) is 19.4 Å². The first kappa shape index (κ1) is 12.5. The van der Waals surface area contributed by atoms with E-state index in [4.69, 9.17) is 9.47 Å². The van der Waals surface area contributed by atoms with Crippen molar-refractivity contribution in [3.63, 3.8) is 0 Å². The first-order valence-electron chi connectivity index (χ1n) is 4.90. The van der Waals surface area contributed by atoms with Gasteiger partial charge in [-0.25, -0.2) is 4.39 Å². The molecule has 0 aliphatic carbocycles. The molecule has 2 nitrogen and oxygen atoms in total. The van der Waals surface area contributed by atoms with E-state index in [0.29, 0.717) is 5.56 Å². The quantitative estimate of drug-likeness (QED) is 0.716. The van der Waals surface area contributed by atoms with E-state index in [9.17, 15) is 4.39 Å². The molecule has 3 heteroatoms. The van der Waals surface area contributed by atoms with Crippen molar-refractivity contribution in [1.29, 1.82) is 0 Å². The van der Waals surface area contributed by atoms with E-state index in [1.165, 1.54) is 13.2 Å². The van der Waals surface area contributed by atoms with Crippen molar-refractivity contribution >= 4 is 0 Å². The molecule has 1 aromatic rings. The second kappa shape index (κ2) is 5.00. The van der Waals surface area contributed by atoms with E-state index >= 15 is 0 Å². The number of halogens is 1. The van der Waals surface area contributed by atoms with Gasteiger partial charge >= 0.3 is 0 Å². The molecule has 0 atom stereocenters. The molecule has 0 bridgehead atoms. The Morgan fingerprint density at radius 3 is 2.50 bits per heavy atom. The van der Waals surface area contributed by atoms with Crippen LogP contribution in [-0.4, -0.2) is 19.8 Å². The average Bonchev–Trinajstić information content (AvgIpc) is 2.28. The SMILES string of the molecule is COc1cc(C#CC(C)(C)OC)ccc1F. The predicted octanol–water partition coefficient (Wildman–Crippen LogP) is 2.61. The summed E-state index contributed by atoms with van der Waals surface area (Å²) in [5, 5.41) is 0. The summed E-state index contributed by atoms with van der Waals surface area (Å²) in [6, 6.07) is 4.51. The fraction of sp³-hybridized carbons (Fsp3) is 0.385. The zero-order valence-corrected chi connectivity index (χ0v) is 9.93. The number of hydrogen-bond donors (Lipinski definition) is 0. The second-order valence-corrected chi connectivity index (χ2v) is 3.81. The van der Waals surface area contributed by atoms with Gasteiger partial charge in [0.25, 0.3) is 0 Å². The fourth-order valence-electron chi connectivity index (χ4n) is 1.01. The summed E-state index contributed by atoms with van der Waals surface area (Å²) in [6.45, 7) is 3.72. The van der Waals surface area contributed by atoms with Crippen molar-refractivity contribution in [2.75, 3.05) is 14.2 Å². The maximum atomic E-state index is 13.1. The van der Waals surface area contributed by atoms with Crippen molar-refractivity contribution in [1.82, 2.24) is 0 Å². The minimum absolute atomic E-state index is 0.196. The monoisotopic (exact) mass is 222 g/mol. The lowest BCUT2D eigenvalue weighted by molar-refractivity contribution is 0.0742. The van der Waals surface area contributed by atoms with Gasteiger partial charge < -0.3 is 9.47 Å². The van der Waals surface area contributed by atoms with Gasteiger partial charge in [0, 0.05) is 12.7 Å². The molecule has 0 saturated heterocycles. The zero-order valence-electron chi connectivity index (χ0n) is 9.93. The lowest BCUT2D eigenvalue weighted by atomic mass is 10.1. The summed E-state index contributed by atoms with van der Waals surface area (Å²) in [5.41, 5.74) is 0.185. The maximum absolute atomic E-state index is 13.1. The number of ether oxygens (including phenoxy) is 2. The van der Waals surface area contributed by atoms with Crippen LogP contribution >= 0.6 is 0 Å². The molecule has 0 aliphatic rings. The van der Waals surface area contributed by atoms with Gasteiger partial charge in [0.05, 0.1) is 7.11 Å². The summed E-state index contributed by atoms with van der Waals surface area (Å²) >= 11 is 0. The molecule has 16 heavy (non-hydrogen) atoms. The highest BCUT2D eigenvalue weighted by atomic mass is 19.1. The number of methoxy groups -OCH3 is 2. The summed E-state index contributed by atoms with van der Waals surface area (Å²) in [5.74, 6) is 5.67. The van der Waals surface area contributed by atoms with Gasteiger partial charge in [0.2, 0.25) is 0 Å². The molecule has 0 spiro atoms. The third-order valence-corrected chi connectivity index (χ3v) is 2.17. The van der Waals surface area contributed by atoms with E-state index in [1.807, 2.05) is 13.8 Å². The Bertz CT molecular complexity index is 427. The Labute approximate surface area is 95.4 Å². The highest BCUT2D eigenvalue weighted by Gasteiger charge is 2.11. The molecule has 0 unspecified atom stereocenters. The molecule has 0 fully saturated rings. The van der Waals surface area contributed by atoms with E-state index < -0.39 is 5.60 Å². The van der Waals surface area contributed by atoms with Crippen molar-refractivity contribution < 1.29 is 13.9 Å². The van der Waals surface area contributed by atoms with Crippen molar-refractivity contribution in [2.45, 2.75) is 19.4 Å². The molecule has 0 aliphatic heterocycles. The van der Waals surface area contributed by atoms with Gasteiger partial charge in [-0.05, 0) is 32.0 Å². The summed E-state index contributed by atoms with van der Waals surface area (Å²) < 4.78 is 23.1.